The summed E-state index contributed by atoms with van der Waals surface area (Å²) in [7, 11) is 0. The van der Waals surface area contributed by atoms with Crippen LogP contribution in [0.15, 0.2) is 12.2 Å². The number of aliphatic hydroxyl groups excluding tert-OH is 1. The molecule has 68 valence electrons. The molecule has 0 aromatic rings. The van der Waals surface area contributed by atoms with Crippen molar-refractivity contribution in [1.29, 1.82) is 0 Å². The smallest absolute Gasteiger partial charge is 0.0505 e. The van der Waals surface area contributed by atoms with E-state index in [4.69, 9.17) is 0 Å². The molecule has 0 spiro atoms. The average Bonchev–Trinajstić information content (AvgIpc) is 2.40. The van der Waals surface area contributed by atoms with Crippen molar-refractivity contribution in [2.24, 2.45) is 5.41 Å². The van der Waals surface area contributed by atoms with Crippen LogP contribution < -0.4 is 5.32 Å². The molecule has 2 N–H and O–H groups in total. The van der Waals surface area contributed by atoms with Crippen LogP contribution in [0.25, 0.3) is 0 Å². The summed E-state index contributed by atoms with van der Waals surface area (Å²) in [6, 6.07) is 0.553. The lowest BCUT2D eigenvalue weighted by atomic mass is 9.80. The predicted octanol–water partition coefficient (Wildman–Crippen LogP) is 1.07. The minimum Gasteiger partial charge on any atom is -0.396 e. The Labute approximate surface area is 73.7 Å². The Kier molecular flexibility index (Phi) is 2.20. The van der Waals surface area contributed by atoms with Crippen LogP contribution >= 0.6 is 0 Å². The Balaban J connectivity index is 2.17. The molecule has 0 amide bonds. The first-order valence-corrected chi connectivity index (χ1v) is 4.87. The lowest BCUT2D eigenvalue weighted by Gasteiger charge is -2.31. The Morgan fingerprint density at radius 3 is 3.25 bits per heavy atom. The summed E-state index contributed by atoms with van der Waals surface area (Å²) in [4.78, 5) is 0. The van der Waals surface area contributed by atoms with E-state index in [0.717, 1.165) is 13.0 Å². The quantitative estimate of drug-likeness (QED) is 0.572. The fraction of sp³-hybridized carbons (Fsp3) is 0.800. The van der Waals surface area contributed by atoms with Crippen molar-refractivity contribution >= 4 is 0 Å². The van der Waals surface area contributed by atoms with Crippen molar-refractivity contribution in [2.75, 3.05) is 13.2 Å². The number of rotatable bonds is 1. The molecule has 0 saturated heterocycles. The second-order valence-corrected chi connectivity index (χ2v) is 4.05. The van der Waals surface area contributed by atoms with Crippen molar-refractivity contribution < 1.29 is 5.11 Å². The zero-order valence-electron chi connectivity index (χ0n) is 7.42. The first kappa shape index (κ1) is 8.27. The highest BCUT2D eigenvalue weighted by Crippen LogP contribution is 2.41. The first-order chi connectivity index (χ1) is 5.87. The molecule has 2 heteroatoms. The van der Waals surface area contributed by atoms with Crippen LogP contribution in [-0.2, 0) is 0 Å². The van der Waals surface area contributed by atoms with Crippen LogP contribution in [0.1, 0.15) is 25.7 Å². The predicted molar refractivity (Wildman–Crippen MR) is 48.9 cm³/mol. The van der Waals surface area contributed by atoms with Gasteiger partial charge in [-0.3, -0.25) is 0 Å². The fourth-order valence-electron chi connectivity index (χ4n) is 2.57. The van der Waals surface area contributed by atoms with E-state index in [1.165, 1.54) is 19.3 Å². The molecule has 0 aromatic carbocycles. The Bertz CT molecular complexity index is 190. The second-order valence-electron chi connectivity index (χ2n) is 4.05. The number of aliphatic hydroxyl groups is 1. The van der Waals surface area contributed by atoms with Gasteiger partial charge in [0.2, 0.25) is 0 Å². The van der Waals surface area contributed by atoms with Gasteiger partial charge in [-0.05, 0) is 19.3 Å². The van der Waals surface area contributed by atoms with Gasteiger partial charge in [-0.15, -0.1) is 0 Å². The van der Waals surface area contributed by atoms with Gasteiger partial charge in [-0.2, -0.15) is 0 Å². The molecule has 0 unspecified atom stereocenters. The topological polar surface area (TPSA) is 32.3 Å². The molecule has 0 radical (unpaired) electrons. The van der Waals surface area contributed by atoms with E-state index in [1.54, 1.807) is 0 Å². The maximum Gasteiger partial charge on any atom is 0.0505 e. The van der Waals surface area contributed by atoms with Crippen LogP contribution in [0.4, 0.5) is 0 Å². The number of nitrogens with one attached hydrogen (secondary N) is 1. The molecule has 12 heavy (non-hydrogen) atoms. The number of allylic oxidation sites excluding steroid dienone is 1. The van der Waals surface area contributed by atoms with Gasteiger partial charge in [0.1, 0.15) is 0 Å². The van der Waals surface area contributed by atoms with Gasteiger partial charge in [-0.25, -0.2) is 0 Å². The Hall–Kier alpha value is -0.340. The average molecular weight is 167 g/mol. The molecule has 0 aromatic heterocycles. The second kappa shape index (κ2) is 3.19. The standard InChI is InChI=1S/C10H17NO/c12-8-10-5-1-2-7-11-9(10)4-3-6-10/h1-2,9,11-12H,3-8H2/t9-,10+/m1/s1. The molecule has 2 atom stereocenters. The van der Waals surface area contributed by atoms with Gasteiger partial charge >= 0.3 is 0 Å². The van der Waals surface area contributed by atoms with Crippen LogP contribution in [-0.4, -0.2) is 24.3 Å². The summed E-state index contributed by atoms with van der Waals surface area (Å²) in [5.41, 5.74) is 0.174. The number of hydrogen-bond acceptors (Lipinski definition) is 2. The zero-order valence-corrected chi connectivity index (χ0v) is 7.42. The van der Waals surface area contributed by atoms with Crippen molar-refractivity contribution in [3.05, 3.63) is 12.2 Å². The van der Waals surface area contributed by atoms with Crippen molar-refractivity contribution in [2.45, 2.75) is 31.7 Å². The molecule has 1 fully saturated rings. The van der Waals surface area contributed by atoms with Crippen LogP contribution in [0.3, 0.4) is 0 Å². The fourth-order valence-corrected chi connectivity index (χ4v) is 2.57. The van der Waals surface area contributed by atoms with Crippen molar-refractivity contribution in [3.8, 4) is 0 Å². The monoisotopic (exact) mass is 167 g/mol. The van der Waals surface area contributed by atoms with Gasteiger partial charge in [-0.1, -0.05) is 18.6 Å². The number of hydrogen-bond donors (Lipinski definition) is 2. The molecule has 2 aliphatic rings. The molecule has 2 nitrogen and oxygen atoms in total. The molecular weight excluding hydrogens is 150 g/mol. The molecule has 2 rings (SSSR count). The molecule has 1 aliphatic carbocycles. The lowest BCUT2D eigenvalue weighted by Crippen LogP contribution is -2.42. The molecule has 1 saturated carbocycles. The van der Waals surface area contributed by atoms with E-state index < -0.39 is 0 Å². The minimum atomic E-state index is 0.174. The third-order valence-corrected chi connectivity index (χ3v) is 3.39. The third kappa shape index (κ3) is 1.19. The highest BCUT2D eigenvalue weighted by atomic mass is 16.3. The maximum absolute atomic E-state index is 9.40. The molecular formula is C10H17NO. The van der Waals surface area contributed by atoms with Crippen LogP contribution in [0.2, 0.25) is 0 Å². The van der Waals surface area contributed by atoms with E-state index in [9.17, 15) is 5.11 Å². The summed E-state index contributed by atoms with van der Waals surface area (Å²) in [5.74, 6) is 0. The van der Waals surface area contributed by atoms with E-state index in [2.05, 4.69) is 17.5 Å². The van der Waals surface area contributed by atoms with Gasteiger partial charge < -0.3 is 10.4 Å². The van der Waals surface area contributed by atoms with E-state index in [1.807, 2.05) is 0 Å². The number of fused-ring (bicyclic) bond motifs is 1. The SMILES string of the molecule is OC[C@@]12CC=CCN[C@@H]1CCC2. The summed E-state index contributed by atoms with van der Waals surface area (Å²) >= 11 is 0. The van der Waals surface area contributed by atoms with Crippen molar-refractivity contribution in [1.82, 2.24) is 5.32 Å². The highest BCUT2D eigenvalue weighted by Gasteiger charge is 2.41. The lowest BCUT2D eigenvalue weighted by molar-refractivity contribution is 0.107. The summed E-state index contributed by atoms with van der Waals surface area (Å²) in [6.45, 7) is 1.32. The van der Waals surface area contributed by atoms with Gasteiger partial charge in [0.15, 0.2) is 0 Å². The first-order valence-electron chi connectivity index (χ1n) is 4.87. The Morgan fingerprint density at radius 1 is 1.50 bits per heavy atom. The molecule has 1 aliphatic heterocycles. The van der Waals surface area contributed by atoms with Gasteiger partial charge in [0.05, 0.1) is 6.61 Å². The van der Waals surface area contributed by atoms with Gasteiger partial charge in [0.25, 0.3) is 0 Å². The third-order valence-electron chi connectivity index (χ3n) is 3.39. The molecule has 0 bridgehead atoms. The summed E-state index contributed by atoms with van der Waals surface area (Å²) < 4.78 is 0. The van der Waals surface area contributed by atoms with E-state index >= 15 is 0 Å². The van der Waals surface area contributed by atoms with E-state index in [-0.39, 0.29) is 5.41 Å². The van der Waals surface area contributed by atoms with Crippen LogP contribution in [0, 0.1) is 5.41 Å². The minimum absolute atomic E-state index is 0.174. The van der Waals surface area contributed by atoms with Gasteiger partial charge in [0, 0.05) is 18.0 Å². The largest absolute Gasteiger partial charge is 0.396 e. The molecule has 1 heterocycles. The van der Waals surface area contributed by atoms with E-state index in [0.29, 0.717) is 12.6 Å². The normalized spacial score (nSPS) is 40.9. The van der Waals surface area contributed by atoms with Crippen LogP contribution in [0.5, 0.6) is 0 Å². The maximum atomic E-state index is 9.40. The zero-order chi connectivity index (χ0) is 8.44. The highest BCUT2D eigenvalue weighted by molar-refractivity contribution is 5.05. The summed E-state index contributed by atoms with van der Waals surface area (Å²) in [6.07, 6.45) is 9.14. The van der Waals surface area contributed by atoms with Crippen molar-refractivity contribution in [3.63, 3.8) is 0 Å². The summed E-state index contributed by atoms with van der Waals surface area (Å²) in [5, 5.41) is 12.9. The Morgan fingerprint density at radius 2 is 2.42 bits per heavy atom.